The molecule has 2 nitrogen and oxygen atoms in total. The fourth-order valence-corrected chi connectivity index (χ4v) is 1.90. The van der Waals surface area contributed by atoms with Crippen LogP contribution in [0.2, 0.25) is 0 Å². The van der Waals surface area contributed by atoms with Crippen LogP contribution >= 0.6 is 15.9 Å². The summed E-state index contributed by atoms with van der Waals surface area (Å²) in [5.74, 6) is -2.40. The number of nitrogen functional groups attached to an aromatic ring is 1. The van der Waals surface area contributed by atoms with E-state index in [-0.39, 0.29) is 11.4 Å². The number of hydrogen-bond acceptors (Lipinski definition) is 2. The number of benzene rings is 2. The van der Waals surface area contributed by atoms with Crippen molar-refractivity contribution >= 4 is 33.0 Å². The fourth-order valence-electron chi connectivity index (χ4n) is 1.45. The van der Waals surface area contributed by atoms with Crippen LogP contribution in [-0.4, -0.2) is 0 Å². The van der Waals surface area contributed by atoms with Crippen molar-refractivity contribution in [2.45, 2.75) is 0 Å². The fraction of sp³-hybridized carbons (Fsp3) is 0. The first kappa shape index (κ1) is 12.8. The second kappa shape index (κ2) is 4.89. The van der Waals surface area contributed by atoms with E-state index < -0.39 is 23.1 Å². The molecule has 0 fully saturated rings. The molecule has 2 aromatic rings. The summed E-state index contributed by atoms with van der Waals surface area (Å²) < 4.78 is 41.0. The Labute approximate surface area is 110 Å². The molecule has 0 spiro atoms. The highest BCUT2D eigenvalue weighted by Gasteiger charge is 2.14. The number of anilines is 3. The van der Waals surface area contributed by atoms with Gasteiger partial charge in [0.2, 0.25) is 0 Å². The van der Waals surface area contributed by atoms with E-state index in [1.807, 2.05) is 0 Å². The molecule has 0 aliphatic carbocycles. The lowest BCUT2D eigenvalue weighted by Crippen LogP contribution is -2.01. The molecule has 2 rings (SSSR count). The summed E-state index contributed by atoms with van der Waals surface area (Å²) >= 11 is 3.10. The van der Waals surface area contributed by atoms with Crippen LogP contribution < -0.4 is 11.1 Å². The predicted molar refractivity (Wildman–Crippen MR) is 68.2 cm³/mol. The summed E-state index contributed by atoms with van der Waals surface area (Å²) in [4.78, 5) is 0. The summed E-state index contributed by atoms with van der Waals surface area (Å²) in [5, 5.41) is 2.38. The van der Waals surface area contributed by atoms with Crippen molar-refractivity contribution in [3.05, 3.63) is 52.3 Å². The number of para-hydroxylation sites is 1. The van der Waals surface area contributed by atoms with E-state index in [0.29, 0.717) is 4.47 Å². The molecule has 2 aromatic carbocycles. The van der Waals surface area contributed by atoms with E-state index in [9.17, 15) is 13.2 Å². The number of hydrogen-bond donors (Lipinski definition) is 2. The van der Waals surface area contributed by atoms with E-state index in [1.54, 1.807) is 6.07 Å². The quantitative estimate of drug-likeness (QED) is 0.815. The molecule has 6 heteroatoms. The molecule has 94 valence electrons. The van der Waals surface area contributed by atoms with E-state index in [1.165, 1.54) is 12.1 Å². The number of nitrogens with one attached hydrogen (secondary N) is 1. The van der Waals surface area contributed by atoms with Crippen molar-refractivity contribution in [1.29, 1.82) is 0 Å². The summed E-state index contributed by atoms with van der Waals surface area (Å²) in [5.41, 5.74) is 4.76. The van der Waals surface area contributed by atoms with E-state index in [2.05, 4.69) is 21.2 Å². The first-order chi connectivity index (χ1) is 8.49. The SMILES string of the molecule is Nc1cc(F)c(Nc2c(F)cccc2Br)c(F)c1. The molecule has 3 N–H and O–H groups in total. The monoisotopic (exact) mass is 316 g/mol. The van der Waals surface area contributed by atoms with Crippen LogP contribution in [0.25, 0.3) is 0 Å². The van der Waals surface area contributed by atoms with Crippen LogP contribution in [0, 0.1) is 17.5 Å². The van der Waals surface area contributed by atoms with Crippen molar-refractivity contribution in [1.82, 2.24) is 0 Å². The minimum Gasteiger partial charge on any atom is -0.399 e. The van der Waals surface area contributed by atoms with Gasteiger partial charge >= 0.3 is 0 Å². The van der Waals surface area contributed by atoms with Gasteiger partial charge in [0.15, 0.2) is 11.6 Å². The Morgan fingerprint density at radius 3 is 2.11 bits per heavy atom. The third-order valence-corrected chi connectivity index (χ3v) is 2.94. The Kier molecular flexibility index (Phi) is 3.47. The average molecular weight is 317 g/mol. The molecule has 0 radical (unpaired) electrons. The third-order valence-electron chi connectivity index (χ3n) is 2.28. The van der Waals surface area contributed by atoms with Gasteiger partial charge in [-0.15, -0.1) is 0 Å². The Morgan fingerprint density at radius 1 is 0.944 bits per heavy atom. The lowest BCUT2D eigenvalue weighted by Gasteiger charge is -2.11. The Hall–Kier alpha value is -1.69. The summed E-state index contributed by atoms with van der Waals surface area (Å²) in [6.45, 7) is 0. The zero-order valence-electron chi connectivity index (χ0n) is 8.98. The van der Waals surface area contributed by atoms with Crippen LogP contribution in [0.5, 0.6) is 0 Å². The second-order valence-corrected chi connectivity index (χ2v) is 4.44. The van der Waals surface area contributed by atoms with Crippen LogP contribution in [-0.2, 0) is 0 Å². The minimum atomic E-state index is -0.886. The highest BCUT2D eigenvalue weighted by molar-refractivity contribution is 9.10. The molecule has 0 saturated heterocycles. The molecule has 0 heterocycles. The molecular weight excluding hydrogens is 309 g/mol. The molecule has 18 heavy (non-hydrogen) atoms. The van der Waals surface area contributed by atoms with Gasteiger partial charge in [0, 0.05) is 10.2 Å². The maximum atomic E-state index is 13.5. The highest BCUT2D eigenvalue weighted by atomic mass is 79.9. The maximum Gasteiger partial charge on any atom is 0.151 e. The van der Waals surface area contributed by atoms with Crippen molar-refractivity contribution in [2.24, 2.45) is 0 Å². The minimum absolute atomic E-state index is 0.0388. The van der Waals surface area contributed by atoms with Gasteiger partial charge in [0.25, 0.3) is 0 Å². The van der Waals surface area contributed by atoms with E-state index in [4.69, 9.17) is 5.73 Å². The van der Waals surface area contributed by atoms with Gasteiger partial charge in [0.1, 0.15) is 11.5 Å². The second-order valence-electron chi connectivity index (χ2n) is 3.58. The highest BCUT2D eigenvalue weighted by Crippen LogP contribution is 2.31. The van der Waals surface area contributed by atoms with E-state index in [0.717, 1.165) is 12.1 Å². The smallest absolute Gasteiger partial charge is 0.151 e. The zero-order valence-corrected chi connectivity index (χ0v) is 10.6. The Bertz CT molecular complexity index is 559. The Balaban J connectivity index is 2.47. The van der Waals surface area contributed by atoms with Gasteiger partial charge in [-0.25, -0.2) is 13.2 Å². The number of halogens is 4. The zero-order chi connectivity index (χ0) is 13.3. The van der Waals surface area contributed by atoms with Gasteiger partial charge in [-0.05, 0) is 40.2 Å². The molecule has 0 atom stereocenters. The third kappa shape index (κ3) is 2.43. The van der Waals surface area contributed by atoms with Gasteiger partial charge in [-0.3, -0.25) is 0 Å². The van der Waals surface area contributed by atoms with Crippen molar-refractivity contribution in [2.75, 3.05) is 11.1 Å². The summed E-state index contributed by atoms with van der Waals surface area (Å²) in [6.07, 6.45) is 0. The molecule has 0 aromatic heterocycles. The standard InChI is InChI=1S/C12H8BrF3N2/c13-7-2-1-3-8(14)11(7)18-12-9(15)4-6(17)5-10(12)16/h1-5,18H,17H2. The largest absolute Gasteiger partial charge is 0.399 e. The Morgan fingerprint density at radius 2 is 1.56 bits per heavy atom. The van der Waals surface area contributed by atoms with Crippen LogP contribution in [0.1, 0.15) is 0 Å². The molecule has 0 aliphatic heterocycles. The van der Waals surface area contributed by atoms with Crippen LogP contribution in [0.4, 0.5) is 30.2 Å². The molecule has 0 saturated carbocycles. The number of rotatable bonds is 2. The van der Waals surface area contributed by atoms with Gasteiger partial charge in [-0.1, -0.05) is 6.07 Å². The lowest BCUT2D eigenvalue weighted by atomic mass is 10.2. The normalized spacial score (nSPS) is 10.4. The van der Waals surface area contributed by atoms with Crippen molar-refractivity contribution < 1.29 is 13.2 Å². The van der Waals surface area contributed by atoms with Crippen LogP contribution in [0.15, 0.2) is 34.8 Å². The molecular formula is C12H8BrF3N2. The van der Waals surface area contributed by atoms with E-state index >= 15 is 0 Å². The predicted octanol–water partition coefficient (Wildman–Crippen LogP) is 4.19. The number of nitrogens with two attached hydrogens (primary N) is 1. The molecule has 0 bridgehead atoms. The maximum absolute atomic E-state index is 13.5. The molecule has 0 aliphatic rings. The van der Waals surface area contributed by atoms with Gasteiger partial charge in [0.05, 0.1) is 5.69 Å². The van der Waals surface area contributed by atoms with Gasteiger partial charge in [-0.2, -0.15) is 0 Å². The first-order valence-electron chi connectivity index (χ1n) is 4.94. The topological polar surface area (TPSA) is 38.0 Å². The average Bonchev–Trinajstić information content (AvgIpc) is 2.26. The van der Waals surface area contributed by atoms with Crippen molar-refractivity contribution in [3.8, 4) is 0 Å². The summed E-state index contributed by atoms with van der Waals surface area (Å²) in [6, 6.07) is 6.12. The summed E-state index contributed by atoms with van der Waals surface area (Å²) in [7, 11) is 0. The van der Waals surface area contributed by atoms with Crippen molar-refractivity contribution in [3.63, 3.8) is 0 Å². The first-order valence-corrected chi connectivity index (χ1v) is 5.74. The molecule has 0 amide bonds. The van der Waals surface area contributed by atoms with Gasteiger partial charge < -0.3 is 11.1 Å². The molecule has 0 unspecified atom stereocenters. The lowest BCUT2D eigenvalue weighted by molar-refractivity contribution is 0.590. The van der Waals surface area contributed by atoms with Crippen LogP contribution in [0.3, 0.4) is 0 Å².